The number of carbonyl (C=O) groups is 1. The summed E-state index contributed by atoms with van der Waals surface area (Å²) in [6.45, 7) is 0. The Hall–Kier alpha value is -2.73. The van der Waals surface area contributed by atoms with Crippen molar-refractivity contribution in [3.63, 3.8) is 0 Å². The molecule has 104 valence electrons. The average Bonchev–Trinajstić information content (AvgIpc) is 2.90. The summed E-state index contributed by atoms with van der Waals surface area (Å²) >= 11 is 5.26. The van der Waals surface area contributed by atoms with Gasteiger partial charge in [0.25, 0.3) is 0 Å². The van der Waals surface area contributed by atoms with Crippen molar-refractivity contribution in [3.8, 4) is 17.1 Å². The first-order valence-corrected chi connectivity index (χ1v) is 6.62. The first kappa shape index (κ1) is 13.3. The van der Waals surface area contributed by atoms with Crippen molar-refractivity contribution >= 4 is 18.2 Å². The molecule has 0 aliphatic rings. The molecular formula is C15H10N3O2S-. The van der Waals surface area contributed by atoms with Crippen LogP contribution in [0.2, 0.25) is 0 Å². The lowest BCUT2D eigenvalue weighted by atomic mass is 10.2. The van der Waals surface area contributed by atoms with Gasteiger partial charge in [-0.2, -0.15) is 5.10 Å². The fraction of sp³-hybridized carbons (Fsp3) is 0. The number of aromatic nitrogens is 3. The minimum Gasteiger partial charge on any atom is -0.545 e. The summed E-state index contributed by atoms with van der Waals surface area (Å²) in [6, 6.07) is 15.9. The number of aromatic carboxylic acids is 1. The fourth-order valence-electron chi connectivity index (χ4n) is 2.06. The Labute approximate surface area is 125 Å². The molecule has 0 atom stereocenters. The quantitative estimate of drug-likeness (QED) is 0.750. The number of carboxylic acid groups (broad SMARTS) is 1. The SMILES string of the molecule is O=C([O-])c1ccc(-n2c(-c3ccccc3)n[nH]c2=S)cc1. The molecule has 1 N–H and O–H groups in total. The van der Waals surface area contributed by atoms with Gasteiger partial charge in [0.1, 0.15) is 0 Å². The van der Waals surface area contributed by atoms with Crippen LogP contribution in [0.15, 0.2) is 54.6 Å². The third-order valence-corrected chi connectivity index (χ3v) is 3.34. The van der Waals surface area contributed by atoms with E-state index >= 15 is 0 Å². The molecular weight excluding hydrogens is 286 g/mol. The number of hydrogen-bond acceptors (Lipinski definition) is 4. The maximum atomic E-state index is 10.8. The van der Waals surface area contributed by atoms with Crippen molar-refractivity contribution in [2.24, 2.45) is 0 Å². The molecule has 0 fully saturated rings. The molecule has 0 radical (unpaired) electrons. The third kappa shape index (κ3) is 2.48. The molecule has 0 aliphatic carbocycles. The molecule has 21 heavy (non-hydrogen) atoms. The molecule has 1 heterocycles. The molecule has 2 aromatic carbocycles. The maximum absolute atomic E-state index is 10.8. The summed E-state index contributed by atoms with van der Waals surface area (Å²) in [5.74, 6) is -0.539. The first-order valence-electron chi connectivity index (χ1n) is 6.21. The van der Waals surface area contributed by atoms with E-state index in [0.717, 1.165) is 11.3 Å². The van der Waals surface area contributed by atoms with E-state index in [9.17, 15) is 9.90 Å². The van der Waals surface area contributed by atoms with Crippen LogP contribution < -0.4 is 5.11 Å². The van der Waals surface area contributed by atoms with Gasteiger partial charge < -0.3 is 9.90 Å². The number of carboxylic acids is 1. The van der Waals surface area contributed by atoms with E-state index in [1.54, 1.807) is 16.7 Å². The van der Waals surface area contributed by atoms with Crippen molar-refractivity contribution < 1.29 is 9.90 Å². The molecule has 0 saturated heterocycles. The second-order valence-corrected chi connectivity index (χ2v) is 4.77. The Morgan fingerprint density at radius 2 is 1.76 bits per heavy atom. The van der Waals surface area contributed by atoms with Crippen LogP contribution in [0.1, 0.15) is 10.4 Å². The lowest BCUT2D eigenvalue weighted by Gasteiger charge is -2.08. The number of carbonyl (C=O) groups excluding carboxylic acids is 1. The Morgan fingerprint density at radius 3 is 2.38 bits per heavy atom. The predicted molar refractivity (Wildman–Crippen MR) is 78.5 cm³/mol. The lowest BCUT2D eigenvalue weighted by Crippen LogP contribution is -2.22. The topological polar surface area (TPSA) is 73.7 Å². The monoisotopic (exact) mass is 296 g/mol. The van der Waals surface area contributed by atoms with E-state index in [1.165, 1.54) is 12.1 Å². The average molecular weight is 296 g/mol. The minimum atomic E-state index is -1.21. The lowest BCUT2D eigenvalue weighted by molar-refractivity contribution is -0.255. The standard InChI is InChI=1S/C15H11N3O2S/c19-14(20)11-6-8-12(9-7-11)18-13(16-17-15(18)21)10-4-2-1-3-5-10/h1-9H,(H,17,21)(H,19,20)/p-1. The highest BCUT2D eigenvalue weighted by Crippen LogP contribution is 2.21. The van der Waals surface area contributed by atoms with Gasteiger partial charge in [0.2, 0.25) is 0 Å². The highest BCUT2D eigenvalue weighted by Gasteiger charge is 2.10. The number of rotatable bonds is 3. The van der Waals surface area contributed by atoms with Gasteiger partial charge in [0, 0.05) is 5.56 Å². The van der Waals surface area contributed by atoms with Gasteiger partial charge >= 0.3 is 0 Å². The van der Waals surface area contributed by atoms with Crippen LogP contribution in [0.3, 0.4) is 0 Å². The predicted octanol–water partition coefficient (Wildman–Crippen LogP) is 1.96. The summed E-state index contributed by atoms with van der Waals surface area (Å²) in [5.41, 5.74) is 1.77. The van der Waals surface area contributed by atoms with Crippen LogP contribution in [0.25, 0.3) is 17.1 Å². The second-order valence-electron chi connectivity index (χ2n) is 4.39. The number of benzene rings is 2. The summed E-state index contributed by atoms with van der Waals surface area (Å²) in [5, 5.41) is 17.8. The van der Waals surface area contributed by atoms with Crippen molar-refractivity contribution in [3.05, 3.63) is 64.9 Å². The molecule has 0 bridgehead atoms. The van der Waals surface area contributed by atoms with Gasteiger partial charge in [-0.3, -0.25) is 9.67 Å². The number of nitrogens with one attached hydrogen (secondary N) is 1. The largest absolute Gasteiger partial charge is 0.545 e. The normalized spacial score (nSPS) is 10.5. The summed E-state index contributed by atoms with van der Waals surface area (Å²) in [7, 11) is 0. The first-order chi connectivity index (χ1) is 10.2. The van der Waals surface area contributed by atoms with E-state index in [1.807, 2.05) is 30.3 Å². The van der Waals surface area contributed by atoms with Gasteiger partial charge in [0.15, 0.2) is 10.6 Å². The molecule has 0 amide bonds. The molecule has 6 heteroatoms. The summed E-state index contributed by atoms with van der Waals surface area (Å²) < 4.78 is 2.19. The molecule has 0 spiro atoms. The van der Waals surface area contributed by atoms with Gasteiger partial charge in [-0.15, -0.1) is 0 Å². The number of hydrogen-bond donors (Lipinski definition) is 1. The molecule has 5 nitrogen and oxygen atoms in total. The van der Waals surface area contributed by atoms with Crippen LogP contribution in [0.4, 0.5) is 0 Å². The van der Waals surface area contributed by atoms with Crippen LogP contribution in [0, 0.1) is 4.77 Å². The Kier molecular flexibility index (Phi) is 3.37. The molecule has 0 unspecified atom stereocenters. The van der Waals surface area contributed by atoms with Gasteiger partial charge in [-0.25, -0.2) is 0 Å². The smallest absolute Gasteiger partial charge is 0.200 e. The van der Waals surface area contributed by atoms with E-state index in [-0.39, 0.29) is 5.56 Å². The van der Waals surface area contributed by atoms with Crippen molar-refractivity contribution in [1.82, 2.24) is 14.8 Å². The fourth-order valence-corrected chi connectivity index (χ4v) is 2.30. The summed E-state index contributed by atoms with van der Waals surface area (Å²) in [6.07, 6.45) is 0. The zero-order valence-electron chi connectivity index (χ0n) is 10.8. The minimum absolute atomic E-state index is 0.120. The maximum Gasteiger partial charge on any atom is 0.200 e. The van der Waals surface area contributed by atoms with E-state index in [2.05, 4.69) is 10.2 Å². The Bertz CT molecular complexity index is 835. The zero-order chi connectivity index (χ0) is 14.8. The third-order valence-electron chi connectivity index (χ3n) is 3.07. The van der Waals surface area contributed by atoms with Gasteiger partial charge in [-0.1, -0.05) is 42.5 Å². The van der Waals surface area contributed by atoms with Gasteiger partial charge in [-0.05, 0) is 29.9 Å². The molecule has 1 aromatic heterocycles. The Balaban J connectivity index is 2.13. The van der Waals surface area contributed by atoms with Crippen LogP contribution >= 0.6 is 12.2 Å². The molecule has 0 aliphatic heterocycles. The van der Waals surface area contributed by atoms with Crippen LogP contribution in [-0.2, 0) is 0 Å². The van der Waals surface area contributed by atoms with Gasteiger partial charge in [0.05, 0.1) is 11.7 Å². The highest BCUT2D eigenvalue weighted by molar-refractivity contribution is 7.71. The van der Waals surface area contributed by atoms with Crippen molar-refractivity contribution in [2.45, 2.75) is 0 Å². The number of H-pyrrole nitrogens is 1. The Morgan fingerprint density at radius 1 is 1.10 bits per heavy atom. The van der Waals surface area contributed by atoms with Crippen LogP contribution in [-0.4, -0.2) is 20.7 Å². The van der Waals surface area contributed by atoms with E-state index in [4.69, 9.17) is 12.2 Å². The van der Waals surface area contributed by atoms with Crippen molar-refractivity contribution in [1.29, 1.82) is 0 Å². The molecule has 0 saturated carbocycles. The summed E-state index contributed by atoms with van der Waals surface area (Å²) in [4.78, 5) is 10.8. The number of aromatic amines is 1. The second kappa shape index (κ2) is 5.34. The van der Waals surface area contributed by atoms with Crippen LogP contribution in [0.5, 0.6) is 0 Å². The zero-order valence-corrected chi connectivity index (χ0v) is 11.6. The molecule has 3 aromatic rings. The molecule has 3 rings (SSSR count). The highest BCUT2D eigenvalue weighted by atomic mass is 32.1. The van der Waals surface area contributed by atoms with Crippen molar-refractivity contribution in [2.75, 3.05) is 0 Å². The number of nitrogens with zero attached hydrogens (tertiary/aromatic N) is 2. The van der Waals surface area contributed by atoms with E-state index < -0.39 is 5.97 Å². The van der Waals surface area contributed by atoms with E-state index in [0.29, 0.717) is 10.6 Å².